The molecule has 0 unspecified atom stereocenters. The topological polar surface area (TPSA) is 93.7 Å². The maximum atomic E-state index is 12.3. The van der Waals surface area contributed by atoms with Gasteiger partial charge in [0.2, 0.25) is 0 Å². The summed E-state index contributed by atoms with van der Waals surface area (Å²) in [5, 5.41) is 0. The molecule has 0 atom stereocenters. The molecule has 0 spiro atoms. The van der Waals surface area contributed by atoms with Crippen molar-refractivity contribution in [2.24, 2.45) is 0 Å². The molecule has 7 nitrogen and oxygen atoms in total. The van der Waals surface area contributed by atoms with Gasteiger partial charge >= 0.3 is 0 Å². The van der Waals surface area contributed by atoms with Gasteiger partial charge in [0.1, 0.15) is 18.1 Å². The van der Waals surface area contributed by atoms with Gasteiger partial charge in [-0.15, -0.1) is 4.83 Å². The minimum atomic E-state index is -3.89. The lowest BCUT2D eigenvalue weighted by Gasteiger charge is -2.10. The molecule has 0 aliphatic carbocycles. The van der Waals surface area contributed by atoms with Gasteiger partial charge in [-0.2, -0.15) is 0 Å². The van der Waals surface area contributed by atoms with Crippen LogP contribution in [0, 0.1) is 0 Å². The summed E-state index contributed by atoms with van der Waals surface area (Å²) in [7, 11) is -2.41. The maximum absolute atomic E-state index is 12.3. The van der Waals surface area contributed by atoms with E-state index in [-0.39, 0.29) is 4.90 Å². The standard InChI is InChI=1S/C21H20N2O5S/c1-27-18-11-13-20(14-12-18)29(25,26)23-22-21(24)17-9-7-16(8-10-17)15-28-19-5-3-2-4-6-19/h2-14,23H,15H2,1H3,(H,22,24). The number of rotatable bonds is 8. The Morgan fingerprint density at radius 1 is 0.862 bits per heavy atom. The number of carbonyl (C=O) groups excluding carboxylic acids is 1. The molecule has 0 aromatic heterocycles. The predicted molar refractivity (Wildman–Crippen MR) is 108 cm³/mol. The number of benzene rings is 3. The number of amides is 1. The Kier molecular flexibility index (Phi) is 6.48. The minimum Gasteiger partial charge on any atom is -0.497 e. The minimum absolute atomic E-state index is 0.00649. The molecule has 0 radical (unpaired) electrons. The molecule has 0 saturated carbocycles. The third-order valence-electron chi connectivity index (χ3n) is 4.03. The first-order chi connectivity index (χ1) is 14.0. The van der Waals surface area contributed by atoms with E-state index in [1.54, 1.807) is 24.3 Å². The van der Waals surface area contributed by atoms with Crippen molar-refractivity contribution >= 4 is 15.9 Å². The molecule has 0 saturated heterocycles. The maximum Gasteiger partial charge on any atom is 0.266 e. The number of hydrogen-bond donors (Lipinski definition) is 2. The Bertz CT molecular complexity index is 1050. The van der Waals surface area contributed by atoms with Crippen LogP contribution in [0.2, 0.25) is 0 Å². The Balaban J connectivity index is 1.56. The van der Waals surface area contributed by atoms with Crippen molar-refractivity contribution in [2.45, 2.75) is 11.5 Å². The van der Waals surface area contributed by atoms with Crippen molar-refractivity contribution in [3.63, 3.8) is 0 Å². The molecular weight excluding hydrogens is 392 g/mol. The van der Waals surface area contributed by atoms with Gasteiger partial charge < -0.3 is 9.47 Å². The predicted octanol–water partition coefficient (Wildman–Crippen LogP) is 2.90. The molecule has 0 aliphatic heterocycles. The molecule has 3 aromatic carbocycles. The van der Waals surface area contributed by atoms with Crippen molar-refractivity contribution < 1.29 is 22.7 Å². The molecule has 29 heavy (non-hydrogen) atoms. The second kappa shape index (κ2) is 9.22. The van der Waals surface area contributed by atoms with Gasteiger partial charge in [0.05, 0.1) is 12.0 Å². The summed E-state index contributed by atoms with van der Waals surface area (Å²) in [6.07, 6.45) is 0. The van der Waals surface area contributed by atoms with Crippen LogP contribution < -0.4 is 19.7 Å². The van der Waals surface area contributed by atoms with E-state index in [1.807, 2.05) is 30.3 Å². The van der Waals surface area contributed by atoms with Crippen molar-refractivity contribution in [1.82, 2.24) is 10.3 Å². The first-order valence-corrected chi connectivity index (χ1v) is 10.2. The van der Waals surface area contributed by atoms with Crippen LogP contribution in [0.4, 0.5) is 0 Å². The summed E-state index contributed by atoms with van der Waals surface area (Å²) >= 11 is 0. The Hall–Kier alpha value is -3.36. The lowest BCUT2D eigenvalue weighted by atomic mass is 10.1. The highest BCUT2D eigenvalue weighted by Crippen LogP contribution is 2.15. The average Bonchev–Trinajstić information content (AvgIpc) is 2.77. The third-order valence-corrected chi connectivity index (χ3v) is 5.30. The quantitative estimate of drug-likeness (QED) is 0.555. The molecule has 3 rings (SSSR count). The van der Waals surface area contributed by atoms with Crippen molar-refractivity contribution in [1.29, 1.82) is 0 Å². The first kappa shape index (κ1) is 20.4. The number of methoxy groups -OCH3 is 1. The van der Waals surface area contributed by atoms with Crippen molar-refractivity contribution in [2.75, 3.05) is 7.11 Å². The highest BCUT2D eigenvalue weighted by atomic mass is 32.2. The number of carbonyl (C=O) groups is 1. The molecule has 2 N–H and O–H groups in total. The van der Waals surface area contributed by atoms with Gasteiger partial charge in [0.15, 0.2) is 0 Å². The third kappa shape index (κ3) is 5.56. The average molecular weight is 412 g/mol. The van der Waals surface area contributed by atoms with E-state index >= 15 is 0 Å². The second-order valence-electron chi connectivity index (χ2n) is 6.03. The van der Waals surface area contributed by atoms with Crippen molar-refractivity contribution in [3.8, 4) is 11.5 Å². The summed E-state index contributed by atoms with van der Waals surface area (Å²) in [5.41, 5.74) is 3.39. The van der Waals surface area contributed by atoms with Gasteiger partial charge in [0.25, 0.3) is 15.9 Å². The highest BCUT2D eigenvalue weighted by molar-refractivity contribution is 7.89. The molecule has 150 valence electrons. The van der Waals surface area contributed by atoms with E-state index in [2.05, 4.69) is 10.3 Å². The van der Waals surface area contributed by atoms with Crippen LogP contribution in [0.25, 0.3) is 0 Å². The Morgan fingerprint density at radius 2 is 1.52 bits per heavy atom. The SMILES string of the molecule is COc1ccc(S(=O)(=O)NNC(=O)c2ccc(COc3ccccc3)cc2)cc1. The molecule has 0 fully saturated rings. The van der Waals surface area contributed by atoms with E-state index in [9.17, 15) is 13.2 Å². The summed E-state index contributed by atoms with van der Waals surface area (Å²) < 4.78 is 35.2. The molecule has 3 aromatic rings. The second-order valence-corrected chi connectivity index (χ2v) is 7.72. The van der Waals surface area contributed by atoms with E-state index in [1.165, 1.54) is 31.4 Å². The molecule has 0 aliphatic rings. The largest absolute Gasteiger partial charge is 0.497 e. The van der Waals surface area contributed by atoms with Gasteiger partial charge in [-0.05, 0) is 54.1 Å². The first-order valence-electron chi connectivity index (χ1n) is 8.71. The van der Waals surface area contributed by atoms with E-state index in [0.717, 1.165) is 11.3 Å². The Labute approximate surface area is 169 Å². The van der Waals surface area contributed by atoms with Gasteiger partial charge in [-0.25, -0.2) is 8.42 Å². The molecule has 1 amide bonds. The fourth-order valence-corrected chi connectivity index (χ4v) is 3.27. The molecule has 8 heteroatoms. The fraction of sp³-hybridized carbons (Fsp3) is 0.0952. The lowest BCUT2D eigenvalue weighted by molar-refractivity contribution is 0.0945. The monoisotopic (exact) mass is 412 g/mol. The van der Waals surface area contributed by atoms with Gasteiger partial charge in [-0.1, -0.05) is 30.3 Å². The number of ether oxygens (including phenoxy) is 2. The van der Waals surface area contributed by atoms with Crippen LogP contribution in [0.3, 0.4) is 0 Å². The summed E-state index contributed by atoms with van der Waals surface area (Å²) in [6.45, 7) is 0.357. The summed E-state index contributed by atoms with van der Waals surface area (Å²) in [6, 6.07) is 21.9. The van der Waals surface area contributed by atoms with E-state index in [4.69, 9.17) is 9.47 Å². The van der Waals surface area contributed by atoms with Crippen LogP contribution >= 0.6 is 0 Å². The molecule has 0 bridgehead atoms. The van der Waals surface area contributed by atoms with Crippen molar-refractivity contribution in [3.05, 3.63) is 90.0 Å². The zero-order valence-corrected chi connectivity index (χ0v) is 16.5. The molecule has 0 heterocycles. The fourth-order valence-electron chi connectivity index (χ4n) is 2.44. The van der Waals surface area contributed by atoms with Gasteiger partial charge in [0, 0.05) is 5.56 Å². The smallest absolute Gasteiger partial charge is 0.266 e. The summed E-state index contributed by atoms with van der Waals surface area (Å²) in [5.74, 6) is 0.712. The molecular formula is C21H20N2O5S. The summed E-state index contributed by atoms with van der Waals surface area (Å²) in [4.78, 5) is 14.3. The van der Waals surface area contributed by atoms with Crippen LogP contribution in [0.15, 0.2) is 83.8 Å². The number of sulfonamides is 1. The zero-order valence-electron chi connectivity index (χ0n) is 15.7. The Morgan fingerprint density at radius 3 is 2.14 bits per heavy atom. The number of hydrazine groups is 1. The number of nitrogens with one attached hydrogen (secondary N) is 2. The van der Waals surface area contributed by atoms with Crippen LogP contribution in [-0.4, -0.2) is 21.4 Å². The van der Waals surface area contributed by atoms with Crippen LogP contribution in [0.5, 0.6) is 11.5 Å². The van der Waals surface area contributed by atoms with E-state index < -0.39 is 15.9 Å². The zero-order chi connectivity index (χ0) is 20.7. The highest BCUT2D eigenvalue weighted by Gasteiger charge is 2.15. The number of hydrogen-bond acceptors (Lipinski definition) is 5. The van der Waals surface area contributed by atoms with E-state index in [0.29, 0.717) is 17.9 Å². The lowest BCUT2D eigenvalue weighted by Crippen LogP contribution is -2.41. The van der Waals surface area contributed by atoms with Crippen LogP contribution in [0.1, 0.15) is 15.9 Å². The van der Waals surface area contributed by atoms with Crippen LogP contribution in [-0.2, 0) is 16.6 Å². The normalized spacial score (nSPS) is 10.9. The van der Waals surface area contributed by atoms with Gasteiger partial charge in [-0.3, -0.25) is 10.2 Å². The number of para-hydroxylation sites is 1.